The van der Waals surface area contributed by atoms with Gasteiger partial charge in [0.25, 0.3) is 0 Å². The number of anilines is 1. The van der Waals surface area contributed by atoms with Crippen LogP contribution in [0.5, 0.6) is 0 Å². The second-order valence-corrected chi connectivity index (χ2v) is 6.32. The second kappa shape index (κ2) is 6.80. The van der Waals surface area contributed by atoms with Crippen LogP contribution in [0.4, 0.5) is 5.69 Å². The molecule has 23 heavy (non-hydrogen) atoms. The summed E-state index contributed by atoms with van der Waals surface area (Å²) in [6, 6.07) is 17.0. The van der Waals surface area contributed by atoms with E-state index >= 15 is 0 Å². The molecule has 0 saturated carbocycles. The Balaban J connectivity index is 2.03. The Bertz CT molecular complexity index is 686. The summed E-state index contributed by atoms with van der Waals surface area (Å²) in [5, 5.41) is 0. The number of nitrogens with zero attached hydrogens (tertiary/aromatic N) is 1. The highest BCUT2D eigenvalue weighted by molar-refractivity contribution is 7.80. The lowest BCUT2D eigenvalue weighted by molar-refractivity contribution is -0.00144. The molecule has 2 atom stereocenters. The Morgan fingerprint density at radius 1 is 1.17 bits per heavy atom. The van der Waals surface area contributed by atoms with Gasteiger partial charge < -0.3 is 14.0 Å². The van der Waals surface area contributed by atoms with Crippen molar-refractivity contribution in [2.45, 2.75) is 19.1 Å². The summed E-state index contributed by atoms with van der Waals surface area (Å²) in [4.78, 5) is 0. The third-order valence-electron chi connectivity index (χ3n) is 3.92. The largest absolute Gasteiger partial charge is 0.755 e. The van der Waals surface area contributed by atoms with Crippen LogP contribution in [0.15, 0.2) is 54.6 Å². The molecule has 2 unspecified atom stereocenters. The van der Waals surface area contributed by atoms with Gasteiger partial charge >= 0.3 is 0 Å². The van der Waals surface area contributed by atoms with Crippen molar-refractivity contribution in [2.24, 2.45) is 0 Å². The zero-order chi connectivity index (χ0) is 16.3. The molecule has 5 nitrogen and oxygen atoms in total. The monoisotopic (exact) mass is 332 g/mol. The maximum absolute atomic E-state index is 12.0. The first kappa shape index (κ1) is 16.1. The molecule has 1 aliphatic rings. The molecule has 122 valence electrons. The number of rotatable bonds is 5. The Morgan fingerprint density at radius 3 is 2.48 bits per heavy atom. The third-order valence-corrected chi connectivity index (χ3v) is 4.74. The zero-order valence-electron chi connectivity index (χ0n) is 12.8. The van der Waals surface area contributed by atoms with Crippen LogP contribution < -0.4 is 4.31 Å². The van der Waals surface area contributed by atoms with E-state index in [0.717, 1.165) is 11.1 Å². The predicted molar refractivity (Wildman–Crippen MR) is 87.4 cm³/mol. The molecule has 0 bridgehead atoms. The molecule has 0 N–H and O–H groups in total. The van der Waals surface area contributed by atoms with Crippen molar-refractivity contribution in [1.29, 1.82) is 0 Å². The second-order valence-electron chi connectivity index (χ2n) is 5.52. The van der Waals surface area contributed by atoms with Gasteiger partial charge in [0.15, 0.2) is 5.72 Å². The van der Waals surface area contributed by atoms with Crippen LogP contribution >= 0.6 is 0 Å². The quantitative estimate of drug-likeness (QED) is 0.790. The van der Waals surface area contributed by atoms with Gasteiger partial charge in [-0.15, -0.1) is 0 Å². The van der Waals surface area contributed by atoms with Crippen molar-refractivity contribution in [1.82, 2.24) is 0 Å². The van der Waals surface area contributed by atoms with Gasteiger partial charge in [-0.25, -0.2) is 0 Å². The van der Waals surface area contributed by atoms with E-state index in [-0.39, 0.29) is 13.4 Å². The van der Waals surface area contributed by atoms with E-state index in [4.69, 9.17) is 9.47 Å². The summed E-state index contributed by atoms with van der Waals surface area (Å²) in [5.74, 6) is 0. The summed E-state index contributed by atoms with van der Waals surface area (Å²) >= 11 is -2.49. The normalized spacial score (nSPS) is 22.0. The van der Waals surface area contributed by atoms with Crippen molar-refractivity contribution >= 4 is 17.0 Å². The molecular weight excluding hydrogens is 314 g/mol. The molecule has 0 radical (unpaired) electrons. The molecule has 0 amide bonds. The summed E-state index contributed by atoms with van der Waals surface area (Å²) in [7, 11) is 0. The minimum Gasteiger partial charge on any atom is -0.755 e. The minimum absolute atomic E-state index is 0.0758. The molecule has 0 aromatic heterocycles. The smallest absolute Gasteiger partial charge is 0.182 e. The van der Waals surface area contributed by atoms with Crippen LogP contribution in [0, 0.1) is 6.92 Å². The van der Waals surface area contributed by atoms with Gasteiger partial charge in [-0.3, -0.25) is 8.51 Å². The van der Waals surface area contributed by atoms with Crippen LogP contribution in [0.1, 0.15) is 11.1 Å². The Labute approximate surface area is 138 Å². The molecular formula is C17H18NO4S-. The average molecular weight is 332 g/mol. The third kappa shape index (κ3) is 3.30. The molecule has 1 fully saturated rings. The number of hydrogen-bond donors (Lipinski definition) is 0. The van der Waals surface area contributed by atoms with Crippen molar-refractivity contribution in [3.63, 3.8) is 0 Å². The highest BCUT2D eigenvalue weighted by Gasteiger charge is 2.44. The molecule has 1 aliphatic heterocycles. The van der Waals surface area contributed by atoms with Gasteiger partial charge in [0.1, 0.15) is 6.79 Å². The SMILES string of the molecule is Cc1ccccc1N(S(=O)[O-])C1(Cc2ccccc2)COCO1. The van der Waals surface area contributed by atoms with E-state index in [1.807, 2.05) is 55.5 Å². The van der Waals surface area contributed by atoms with Crippen molar-refractivity contribution in [3.05, 3.63) is 65.7 Å². The number of aryl methyl sites for hydroxylation is 1. The average Bonchev–Trinajstić information content (AvgIpc) is 2.99. The molecule has 0 aliphatic carbocycles. The van der Waals surface area contributed by atoms with Crippen LogP contribution in [0.25, 0.3) is 0 Å². The lowest BCUT2D eigenvalue weighted by Crippen LogP contribution is -2.53. The molecule has 0 spiro atoms. The highest BCUT2D eigenvalue weighted by Crippen LogP contribution is 2.35. The van der Waals surface area contributed by atoms with Gasteiger partial charge in [0.2, 0.25) is 0 Å². The number of hydrogen-bond acceptors (Lipinski definition) is 4. The fourth-order valence-electron chi connectivity index (χ4n) is 2.83. The number of ether oxygens (including phenoxy) is 2. The van der Waals surface area contributed by atoms with Crippen LogP contribution in [-0.2, 0) is 27.2 Å². The van der Waals surface area contributed by atoms with E-state index in [1.54, 1.807) is 6.07 Å². The fourth-order valence-corrected chi connectivity index (χ4v) is 3.63. The standard InChI is InChI=1S/C17H19NO4S/c1-14-7-5-6-10-16(14)18(23(19)20)17(12-21-13-22-17)11-15-8-3-2-4-9-15/h2-10H,11-13H2,1H3,(H,19,20)/p-1. The molecule has 1 heterocycles. The lowest BCUT2D eigenvalue weighted by atomic mass is 10.0. The maximum atomic E-state index is 12.0. The molecule has 6 heteroatoms. The van der Waals surface area contributed by atoms with Crippen LogP contribution in [0.2, 0.25) is 0 Å². The van der Waals surface area contributed by atoms with E-state index < -0.39 is 17.0 Å². The Morgan fingerprint density at radius 2 is 1.87 bits per heavy atom. The van der Waals surface area contributed by atoms with Gasteiger partial charge in [-0.2, -0.15) is 0 Å². The first-order chi connectivity index (χ1) is 11.1. The van der Waals surface area contributed by atoms with Gasteiger partial charge in [0, 0.05) is 6.42 Å². The maximum Gasteiger partial charge on any atom is 0.182 e. The van der Waals surface area contributed by atoms with Gasteiger partial charge in [-0.1, -0.05) is 48.5 Å². The lowest BCUT2D eigenvalue weighted by Gasteiger charge is -2.41. The summed E-state index contributed by atoms with van der Waals surface area (Å²) < 4.78 is 36.5. The van der Waals surface area contributed by atoms with E-state index in [9.17, 15) is 8.76 Å². The molecule has 3 rings (SSSR count). The molecule has 2 aromatic rings. The topological polar surface area (TPSA) is 61.8 Å². The van der Waals surface area contributed by atoms with E-state index in [2.05, 4.69) is 0 Å². The first-order valence-electron chi connectivity index (χ1n) is 7.33. The van der Waals surface area contributed by atoms with Crippen molar-refractivity contribution in [2.75, 3.05) is 17.7 Å². The minimum atomic E-state index is -2.49. The van der Waals surface area contributed by atoms with Crippen LogP contribution in [0.3, 0.4) is 0 Å². The number of benzene rings is 2. The van der Waals surface area contributed by atoms with Crippen LogP contribution in [-0.4, -0.2) is 27.9 Å². The molecule has 1 saturated heterocycles. The first-order valence-corrected chi connectivity index (χ1v) is 8.36. The van der Waals surface area contributed by atoms with E-state index in [1.165, 1.54) is 4.31 Å². The van der Waals surface area contributed by atoms with Crippen molar-refractivity contribution in [3.8, 4) is 0 Å². The Hall–Kier alpha value is -1.73. The van der Waals surface area contributed by atoms with Crippen molar-refractivity contribution < 1.29 is 18.2 Å². The Kier molecular flexibility index (Phi) is 4.77. The fraction of sp³-hybridized carbons (Fsp3) is 0.294. The molecule has 2 aromatic carbocycles. The summed E-state index contributed by atoms with van der Waals surface area (Å²) in [6.45, 7) is 2.14. The highest BCUT2D eigenvalue weighted by atomic mass is 32.2. The number of para-hydroxylation sites is 1. The summed E-state index contributed by atoms with van der Waals surface area (Å²) in [6.07, 6.45) is 0.413. The summed E-state index contributed by atoms with van der Waals surface area (Å²) in [5.41, 5.74) is 1.38. The zero-order valence-corrected chi connectivity index (χ0v) is 13.6. The van der Waals surface area contributed by atoms with E-state index in [0.29, 0.717) is 12.1 Å². The van der Waals surface area contributed by atoms with Gasteiger partial charge in [-0.05, 0) is 24.1 Å². The van der Waals surface area contributed by atoms with Gasteiger partial charge in [0.05, 0.1) is 23.6 Å². The predicted octanol–water partition coefficient (Wildman–Crippen LogP) is 2.54.